The summed E-state index contributed by atoms with van der Waals surface area (Å²) >= 11 is 6.53. The highest BCUT2D eigenvalue weighted by molar-refractivity contribution is 7.92. The van der Waals surface area contributed by atoms with Gasteiger partial charge in [-0.1, -0.05) is 23.7 Å². The number of methoxy groups -OCH3 is 1. The quantitative estimate of drug-likeness (QED) is 0.163. The lowest BCUT2D eigenvalue weighted by molar-refractivity contribution is 0.0396. The first kappa shape index (κ1) is 31.5. The summed E-state index contributed by atoms with van der Waals surface area (Å²) in [4.78, 5) is 8.94. The zero-order valence-corrected chi connectivity index (χ0v) is 26.2. The number of sulfone groups is 1. The molecule has 1 atom stereocenters. The first-order valence-electron chi connectivity index (χ1n) is 14.1. The summed E-state index contributed by atoms with van der Waals surface area (Å²) in [6, 6.07) is 15.2. The van der Waals surface area contributed by atoms with Gasteiger partial charge in [0.2, 0.25) is 0 Å². The van der Waals surface area contributed by atoms with Gasteiger partial charge in [0.05, 0.1) is 34.9 Å². The van der Waals surface area contributed by atoms with Crippen LogP contribution in [0.25, 0.3) is 10.9 Å². The molecule has 12 heteroatoms. The number of rotatable bonds is 13. The third kappa shape index (κ3) is 7.06. The molecule has 2 heterocycles. The van der Waals surface area contributed by atoms with Gasteiger partial charge >= 0.3 is 0 Å². The molecule has 1 aromatic heterocycles. The van der Waals surface area contributed by atoms with Crippen molar-refractivity contribution in [1.29, 1.82) is 0 Å². The predicted molar refractivity (Wildman–Crippen MR) is 170 cm³/mol. The standard InChI is InChI=1S/C32H34ClFN4O5S/c1-21(2)44(39,40)13-11-35-19-32(10-5-12-43-32)26-16-25-28(17-30(26)41-3)36-20-37-31(25)38-24-8-9-29(27(33)15-24)42-18-22-6-4-7-23(34)14-22/h4-9,12,14-17,20-21,35H,10-11,13,18-19H2,1-3H3,(H,36,37,38). The van der Waals surface area contributed by atoms with Gasteiger partial charge in [0.1, 0.15) is 36.1 Å². The number of benzene rings is 3. The fourth-order valence-electron chi connectivity index (χ4n) is 4.92. The Morgan fingerprint density at radius 3 is 2.66 bits per heavy atom. The third-order valence-corrected chi connectivity index (χ3v) is 9.96. The molecule has 3 aromatic carbocycles. The topological polar surface area (TPSA) is 112 Å². The van der Waals surface area contributed by atoms with Crippen LogP contribution in [-0.4, -0.2) is 49.6 Å². The molecule has 1 aliphatic heterocycles. The Morgan fingerprint density at radius 1 is 1.11 bits per heavy atom. The number of halogens is 2. The molecule has 0 aliphatic carbocycles. The van der Waals surface area contributed by atoms with Crippen molar-refractivity contribution in [2.45, 2.75) is 37.7 Å². The highest BCUT2D eigenvalue weighted by Crippen LogP contribution is 2.42. The number of anilines is 2. The van der Waals surface area contributed by atoms with Crippen molar-refractivity contribution in [2.75, 3.05) is 31.3 Å². The van der Waals surface area contributed by atoms with Gasteiger partial charge in [-0.05, 0) is 61.9 Å². The van der Waals surface area contributed by atoms with E-state index in [0.29, 0.717) is 58.6 Å². The van der Waals surface area contributed by atoms with Crippen molar-refractivity contribution >= 4 is 43.8 Å². The predicted octanol–water partition coefficient (Wildman–Crippen LogP) is 6.30. The summed E-state index contributed by atoms with van der Waals surface area (Å²) in [6.07, 6.45) is 5.59. The lowest BCUT2D eigenvalue weighted by atomic mass is 9.89. The van der Waals surface area contributed by atoms with Crippen molar-refractivity contribution in [3.63, 3.8) is 0 Å². The maximum absolute atomic E-state index is 13.5. The minimum Gasteiger partial charge on any atom is -0.496 e. The highest BCUT2D eigenvalue weighted by Gasteiger charge is 2.38. The Morgan fingerprint density at radius 2 is 1.95 bits per heavy atom. The molecule has 232 valence electrons. The van der Waals surface area contributed by atoms with Crippen molar-refractivity contribution in [3.05, 3.63) is 95.2 Å². The SMILES string of the molecule is COc1cc2ncnc(Nc3ccc(OCc4cccc(F)c4)c(Cl)c3)c2cc1C1(CNCCS(=O)(=O)C(C)C)CC=CO1. The fraction of sp³-hybridized carbons (Fsp3) is 0.312. The first-order valence-corrected chi connectivity index (χ1v) is 16.2. The zero-order chi connectivity index (χ0) is 31.3. The van der Waals surface area contributed by atoms with E-state index in [1.807, 2.05) is 24.3 Å². The third-order valence-electron chi connectivity index (χ3n) is 7.46. The van der Waals surface area contributed by atoms with E-state index < -0.39 is 20.7 Å². The van der Waals surface area contributed by atoms with Gasteiger partial charge in [-0.15, -0.1) is 0 Å². The van der Waals surface area contributed by atoms with Crippen LogP contribution in [0.4, 0.5) is 15.9 Å². The minimum absolute atomic E-state index is 0.0299. The van der Waals surface area contributed by atoms with Crippen LogP contribution >= 0.6 is 11.6 Å². The van der Waals surface area contributed by atoms with E-state index in [9.17, 15) is 12.8 Å². The molecule has 0 bridgehead atoms. The number of nitrogens with zero attached hydrogens (tertiary/aromatic N) is 2. The molecular formula is C32H34ClFN4O5S. The molecule has 0 spiro atoms. The lowest BCUT2D eigenvalue weighted by Gasteiger charge is -2.31. The van der Waals surface area contributed by atoms with Gasteiger partial charge in [0, 0.05) is 42.2 Å². The van der Waals surface area contributed by atoms with E-state index in [0.717, 1.165) is 10.9 Å². The normalized spacial score (nSPS) is 16.3. The van der Waals surface area contributed by atoms with Gasteiger partial charge < -0.3 is 24.8 Å². The molecule has 5 rings (SSSR count). The lowest BCUT2D eigenvalue weighted by Crippen LogP contribution is -2.40. The molecule has 4 aromatic rings. The minimum atomic E-state index is -3.18. The summed E-state index contributed by atoms with van der Waals surface area (Å²) in [7, 11) is -1.59. The molecule has 2 N–H and O–H groups in total. The van der Waals surface area contributed by atoms with Crippen LogP contribution in [0.1, 0.15) is 31.4 Å². The molecular weight excluding hydrogens is 607 g/mol. The fourth-order valence-corrected chi connectivity index (χ4v) is 6.05. The molecule has 44 heavy (non-hydrogen) atoms. The van der Waals surface area contributed by atoms with Crippen molar-refractivity contribution in [1.82, 2.24) is 15.3 Å². The second-order valence-electron chi connectivity index (χ2n) is 10.8. The number of hydrogen-bond acceptors (Lipinski definition) is 9. The Labute approximate surface area is 261 Å². The summed E-state index contributed by atoms with van der Waals surface area (Å²) in [6.45, 7) is 4.19. The molecule has 0 saturated heterocycles. The van der Waals surface area contributed by atoms with Gasteiger partial charge in [-0.2, -0.15) is 0 Å². The van der Waals surface area contributed by atoms with Crippen molar-refractivity contribution in [3.8, 4) is 11.5 Å². The van der Waals surface area contributed by atoms with Crippen LogP contribution in [0.3, 0.4) is 0 Å². The average molecular weight is 641 g/mol. The summed E-state index contributed by atoms with van der Waals surface area (Å²) < 4.78 is 55.8. The van der Waals surface area contributed by atoms with Crippen LogP contribution in [0.2, 0.25) is 5.02 Å². The van der Waals surface area contributed by atoms with Crippen LogP contribution in [0, 0.1) is 5.82 Å². The second-order valence-corrected chi connectivity index (χ2v) is 13.8. The van der Waals surface area contributed by atoms with Crippen molar-refractivity contribution < 1.29 is 27.0 Å². The van der Waals surface area contributed by atoms with Gasteiger partial charge in [-0.25, -0.2) is 22.8 Å². The summed E-state index contributed by atoms with van der Waals surface area (Å²) in [5.74, 6) is 1.29. The molecule has 0 amide bonds. The zero-order valence-electron chi connectivity index (χ0n) is 24.6. The Balaban J connectivity index is 1.38. The monoisotopic (exact) mass is 640 g/mol. The largest absolute Gasteiger partial charge is 0.496 e. The van der Waals surface area contributed by atoms with Crippen LogP contribution < -0.4 is 20.1 Å². The highest BCUT2D eigenvalue weighted by atomic mass is 35.5. The molecule has 1 unspecified atom stereocenters. The van der Waals surface area contributed by atoms with E-state index in [4.69, 9.17) is 25.8 Å². The Bertz CT molecular complexity index is 1780. The number of aromatic nitrogens is 2. The smallest absolute Gasteiger partial charge is 0.153 e. The molecule has 0 fully saturated rings. The van der Waals surface area contributed by atoms with E-state index in [-0.39, 0.29) is 18.2 Å². The molecule has 1 aliphatic rings. The van der Waals surface area contributed by atoms with Gasteiger partial charge in [0.25, 0.3) is 0 Å². The average Bonchev–Trinajstić information content (AvgIpc) is 3.48. The maximum Gasteiger partial charge on any atom is 0.153 e. The number of nitrogens with one attached hydrogen (secondary N) is 2. The summed E-state index contributed by atoms with van der Waals surface area (Å²) in [5, 5.41) is 7.26. The molecule has 9 nitrogen and oxygen atoms in total. The van der Waals surface area contributed by atoms with E-state index >= 15 is 0 Å². The molecule has 0 radical (unpaired) electrons. The first-order chi connectivity index (χ1) is 21.1. The van der Waals surface area contributed by atoms with E-state index in [2.05, 4.69) is 20.6 Å². The number of ether oxygens (including phenoxy) is 3. The van der Waals surface area contributed by atoms with Crippen LogP contribution in [0.15, 0.2) is 73.3 Å². The Kier molecular flexibility index (Phi) is 9.57. The van der Waals surface area contributed by atoms with Crippen molar-refractivity contribution in [2.24, 2.45) is 0 Å². The van der Waals surface area contributed by atoms with E-state index in [1.165, 1.54) is 18.5 Å². The van der Waals surface area contributed by atoms with Gasteiger partial charge in [-0.3, -0.25) is 0 Å². The van der Waals surface area contributed by atoms with E-state index in [1.54, 1.807) is 51.5 Å². The molecule has 0 saturated carbocycles. The van der Waals surface area contributed by atoms with Crippen LogP contribution in [-0.2, 0) is 26.8 Å². The number of fused-ring (bicyclic) bond motifs is 1. The Hall–Kier alpha value is -3.93. The number of hydrogen-bond donors (Lipinski definition) is 2. The maximum atomic E-state index is 13.5. The summed E-state index contributed by atoms with van der Waals surface area (Å²) in [5.41, 5.74) is 1.97. The van der Waals surface area contributed by atoms with Gasteiger partial charge in [0.15, 0.2) is 15.4 Å². The van der Waals surface area contributed by atoms with Crippen LogP contribution in [0.5, 0.6) is 11.5 Å². The second kappa shape index (κ2) is 13.4.